The van der Waals surface area contributed by atoms with Crippen LogP contribution in [0.25, 0.3) is 0 Å². The van der Waals surface area contributed by atoms with Crippen molar-refractivity contribution in [1.82, 2.24) is 25.1 Å². The number of carbonyl (C=O) groups excluding carboxylic acids is 1. The Labute approximate surface area is 163 Å². The molecule has 1 aliphatic rings. The normalized spacial score (nSPS) is 16.6. The first-order valence-corrected chi connectivity index (χ1v) is 9.41. The Morgan fingerprint density at radius 1 is 1.14 bits per heavy atom. The van der Waals surface area contributed by atoms with E-state index in [0.29, 0.717) is 12.1 Å². The highest BCUT2D eigenvalue weighted by Gasteiger charge is 2.26. The van der Waals surface area contributed by atoms with Crippen LogP contribution < -0.4 is 5.32 Å². The van der Waals surface area contributed by atoms with Crippen molar-refractivity contribution in [2.24, 2.45) is 0 Å². The molecule has 1 atom stereocenters. The second-order valence-corrected chi connectivity index (χ2v) is 6.99. The molecular formula is C21H22N6O. The minimum Gasteiger partial charge on any atom is -0.338 e. The molecule has 0 saturated carbocycles. The summed E-state index contributed by atoms with van der Waals surface area (Å²) in [5.41, 5.74) is 2.71. The van der Waals surface area contributed by atoms with Gasteiger partial charge in [-0.25, -0.2) is 9.97 Å². The van der Waals surface area contributed by atoms with Gasteiger partial charge in [0.25, 0.3) is 5.91 Å². The second-order valence-electron chi connectivity index (χ2n) is 6.99. The van der Waals surface area contributed by atoms with Crippen molar-refractivity contribution >= 4 is 17.5 Å². The van der Waals surface area contributed by atoms with E-state index in [4.69, 9.17) is 0 Å². The average molecular weight is 374 g/mol. The molecule has 7 nitrogen and oxygen atoms in total. The van der Waals surface area contributed by atoms with Gasteiger partial charge in [0.2, 0.25) is 0 Å². The van der Waals surface area contributed by atoms with Crippen molar-refractivity contribution in [2.45, 2.75) is 25.7 Å². The average Bonchev–Trinajstić information content (AvgIpc) is 2.74. The molecule has 4 heterocycles. The standard InChI is InChI=1S/C21H22N6O/c1-15-4-2-6-19(25-15)26-20-12-16(7-9-22-20)18-5-3-11-27(14-18)21(28)17-8-10-23-24-13-17/h2,4,6-10,12-13,18H,3,5,11,14H2,1H3,(H,22,25,26). The monoisotopic (exact) mass is 374 g/mol. The van der Waals surface area contributed by atoms with Gasteiger partial charge in [0.1, 0.15) is 11.6 Å². The molecule has 1 saturated heterocycles. The summed E-state index contributed by atoms with van der Waals surface area (Å²) in [6.07, 6.45) is 6.90. The van der Waals surface area contributed by atoms with Crippen molar-refractivity contribution in [3.63, 3.8) is 0 Å². The van der Waals surface area contributed by atoms with Gasteiger partial charge in [-0.1, -0.05) is 6.07 Å². The number of anilines is 2. The lowest BCUT2D eigenvalue weighted by Crippen LogP contribution is -2.39. The Morgan fingerprint density at radius 3 is 2.89 bits per heavy atom. The van der Waals surface area contributed by atoms with Gasteiger partial charge in [0, 0.05) is 30.9 Å². The number of amides is 1. The molecule has 7 heteroatoms. The molecule has 0 spiro atoms. The van der Waals surface area contributed by atoms with Crippen LogP contribution in [0.15, 0.2) is 55.0 Å². The minimum absolute atomic E-state index is 0.0102. The van der Waals surface area contributed by atoms with E-state index in [1.807, 2.05) is 36.1 Å². The number of likely N-dealkylation sites (tertiary alicyclic amines) is 1. The summed E-state index contributed by atoms with van der Waals surface area (Å²) in [5.74, 6) is 1.82. The summed E-state index contributed by atoms with van der Waals surface area (Å²) in [5, 5.41) is 10.8. The lowest BCUT2D eigenvalue weighted by atomic mass is 9.91. The Balaban J connectivity index is 1.48. The molecule has 0 aliphatic carbocycles. The summed E-state index contributed by atoms with van der Waals surface area (Å²) in [7, 11) is 0. The molecule has 3 aromatic rings. The molecule has 142 valence electrons. The van der Waals surface area contributed by atoms with Crippen molar-refractivity contribution in [2.75, 3.05) is 18.4 Å². The lowest BCUT2D eigenvalue weighted by Gasteiger charge is -2.33. The zero-order valence-corrected chi connectivity index (χ0v) is 15.7. The van der Waals surface area contributed by atoms with Crippen LogP contribution >= 0.6 is 0 Å². The number of carbonyl (C=O) groups is 1. The van der Waals surface area contributed by atoms with Crippen molar-refractivity contribution < 1.29 is 4.79 Å². The number of hydrogen-bond acceptors (Lipinski definition) is 6. The summed E-state index contributed by atoms with van der Waals surface area (Å²) >= 11 is 0. The topological polar surface area (TPSA) is 83.9 Å². The fourth-order valence-corrected chi connectivity index (χ4v) is 3.55. The number of piperidine rings is 1. The third kappa shape index (κ3) is 4.14. The molecule has 1 N–H and O–H groups in total. The smallest absolute Gasteiger partial charge is 0.255 e. The van der Waals surface area contributed by atoms with E-state index in [2.05, 4.69) is 31.5 Å². The first-order chi connectivity index (χ1) is 13.7. The van der Waals surface area contributed by atoms with Crippen LogP contribution in [0.2, 0.25) is 0 Å². The van der Waals surface area contributed by atoms with Crippen LogP contribution in [0.3, 0.4) is 0 Å². The molecule has 0 aromatic carbocycles. The van der Waals surface area contributed by atoms with Gasteiger partial charge in [-0.15, -0.1) is 0 Å². The van der Waals surface area contributed by atoms with Crippen LogP contribution in [-0.2, 0) is 0 Å². The highest BCUT2D eigenvalue weighted by molar-refractivity contribution is 5.93. The Hall–Kier alpha value is -3.35. The van der Waals surface area contributed by atoms with Crippen molar-refractivity contribution in [3.05, 3.63) is 71.8 Å². The lowest BCUT2D eigenvalue weighted by molar-refractivity contribution is 0.0706. The molecule has 1 amide bonds. The maximum absolute atomic E-state index is 12.7. The van der Waals surface area contributed by atoms with E-state index in [0.717, 1.165) is 36.7 Å². The summed E-state index contributed by atoms with van der Waals surface area (Å²) in [6.45, 7) is 3.41. The molecule has 3 aromatic heterocycles. The molecule has 1 aliphatic heterocycles. The number of nitrogens with one attached hydrogen (secondary N) is 1. The predicted molar refractivity (Wildman–Crippen MR) is 106 cm³/mol. The number of hydrogen-bond donors (Lipinski definition) is 1. The zero-order chi connectivity index (χ0) is 19.3. The Kier molecular flexibility index (Phi) is 5.23. The second kappa shape index (κ2) is 8.12. The van der Waals surface area contributed by atoms with E-state index in [-0.39, 0.29) is 11.8 Å². The number of rotatable bonds is 4. The fourth-order valence-electron chi connectivity index (χ4n) is 3.55. The van der Waals surface area contributed by atoms with E-state index in [9.17, 15) is 4.79 Å². The van der Waals surface area contributed by atoms with Crippen LogP contribution in [0, 0.1) is 6.92 Å². The van der Waals surface area contributed by atoms with Crippen LogP contribution in [0.1, 0.15) is 40.4 Å². The van der Waals surface area contributed by atoms with Gasteiger partial charge in [-0.3, -0.25) is 4.79 Å². The number of pyridine rings is 2. The van der Waals surface area contributed by atoms with E-state index in [1.54, 1.807) is 18.5 Å². The highest BCUT2D eigenvalue weighted by Crippen LogP contribution is 2.29. The maximum Gasteiger partial charge on any atom is 0.255 e. The Morgan fingerprint density at radius 2 is 2.07 bits per heavy atom. The number of aromatic nitrogens is 4. The third-order valence-corrected chi connectivity index (χ3v) is 4.94. The molecule has 1 fully saturated rings. The van der Waals surface area contributed by atoms with E-state index >= 15 is 0 Å². The van der Waals surface area contributed by atoms with Crippen LogP contribution in [0.4, 0.5) is 11.6 Å². The van der Waals surface area contributed by atoms with E-state index < -0.39 is 0 Å². The molecule has 1 unspecified atom stereocenters. The molecular weight excluding hydrogens is 352 g/mol. The highest BCUT2D eigenvalue weighted by atomic mass is 16.2. The first kappa shape index (κ1) is 18.0. The van der Waals surface area contributed by atoms with Gasteiger partial charge in [-0.2, -0.15) is 10.2 Å². The molecule has 28 heavy (non-hydrogen) atoms. The van der Waals surface area contributed by atoms with Crippen molar-refractivity contribution in [1.29, 1.82) is 0 Å². The summed E-state index contributed by atoms with van der Waals surface area (Å²) in [6, 6.07) is 11.6. The van der Waals surface area contributed by atoms with Gasteiger partial charge in [0.05, 0.1) is 18.0 Å². The van der Waals surface area contributed by atoms with Crippen LogP contribution in [0.5, 0.6) is 0 Å². The zero-order valence-electron chi connectivity index (χ0n) is 15.7. The number of nitrogens with zero attached hydrogens (tertiary/aromatic N) is 5. The van der Waals surface area contributed by atoms with Gasteiger partial charge in [-0.05, 0) is 55.7 Å². The maximum atomic E-state index is 12.7. The van der Waals surface area contributed by atoms with Crippen LogP contribution in [-0.4, -0.2) is 44.1 Å². The largest absolute Gasteiger partial charge is 0.338 e. The number of aryl methyl sites for hydroxylation is 1. The SMILES string of the molecule is Cc1cccc(Nc2cc(C3CCCN(C(=O)c4ccnnc4)C3)ccn2)n1. The quantitative estimate of drug-likeness (QED) is 0.754. The van der Waals surface area contributed by atoms with E-state index in [1.165, 1.54) is 11.8 Å². The first-order valence-electron chi connectivity index (χ1n) is 9.41. The fraction of sp³-hybridized carbons (Fsp3) is 0.286. The Bertz CT molecular complexity index is 962. The van der Waals surface area contributed by atoms with Gasteiger partial charge in [0.15, 0.2) is 0 Å². The molecule has 4 rings (SSSR count). The van der Waals surface area contributed by atoms with Crippen molar-refractivity contribution in [3.8, 4) is 0 Å². The van der Waals surface area contributed by atoms with Gasteiger partial charge < -0.3 is 10.2 Å². The van der Waals surface area contributed by atoms with Gasteiger partial charge >= 0.3 is 0 Å². The third-order valence-electron chi connectivity index (χ3n) is 4.94. The summed E-state index contributed by atoms with van der Waals surface area (Å²) in [4.78, 5) is 23.5. The minimum atomic E-state index is 0.0102. The predicted octanol–water partition coefficient (Wildman–Crippen LogP) is 3.34. The molecule has 0 radical (unpaired) electrons. The summed E-state index contributed by atoms with van der Waals surface area (Å²) < 4.78 is 0. The molecule has 0 bridgehead atoms.